The van der Waals surface area contributed by atoms with Gasteiger partial charge in [-0.15, -0.1) is 0 Å². The van der Waals surface area contributed by atoms with E-state index >= 15 is 0 Å². The van der Waals surface area contributed by atoms with Crippen LogP contribution < -0.4 is 11.1 Å². The molecule has 0 unspecified atom stereocenters. The van der Waals surface area contributed by atoms with Crippen molar-refractivity contribution in [1.29, 1.82) is 0 Å². The van der Waals surface area contributed by atoms with Gasteiger partial charge in [-0.05, 0) is 26.0 Å². The van der Waals surface area contributed by atoms with Gasteiger partial charge in [-0.3, -0.25) is 19.9 Å². The average Bonchev–Trinajstić information content (AvgIpc) is 2.96. The molecule has 0 fully saturated rings. The number of nitrogens with zero attached hydrogens (tertiary/aromatic N) is 1. The van der Waals surface area contributed by atoms with Gasteiger partial charge < -0.3 is 19.6 Å². The summed E-state index contributed by atoms with van der Waals surface area (Å²) in [7, 11) is 0. The first-order valence-electron chi connectivity index (χ1n) is 7.82. The van der Waals surface area contributed by atoms with E-state index in [4.69, 9.17) is 19.6 Å². The number of rotatable bonds is 7. The van der Waals surface area contributed by atoms with Crippen LogP contribution >= 0.6 is 0 Å². The van der Waals surface area contributed by atoms with Crippen LogP contribution in [0.15, 0.2) is 28.9 Å². The number of aromatic nitrogens is 1. The van der Waals surface area contributed by atoms with Crippen LogP contribution in [0.5, 0.6) is 0 Å². The maximum atomic E-state index is 12.0. The largest absolute Gasteiger partial charge is 0.462 e. The minimum atomic E-state index is -0.987. The van der Waals surface area contributed by atoms with Crippen molar-refractivity contribution in [2.24, 2.45) is 5.73 Å². The molecule has 0 atom stereocenters. The summed E-state index contributed by atoms with van der Waals surface area (Å²) in [6, 6.07) is 2.85. The first kappa shape index (κ1) is 19.6. The fourth-order valence-electron chi connectivity index (χ4n) is 2.18. The van der Waals surface area contributed by atoms with Crippen molar-refractivity contribution >= 4 is 29.6 Å². The number of hydrogen-bond donors (Lipinski definition) is 2. The van der Waals surface area contributed by atoms with Crippen LogP contribution in [0.3, 0.4) is 0 Å². The van der Waals surface area contributed by atoms with E-state index in [1.54, 1.807) is 6.92 Å². The van der Waals surface area contributed by atoms with Crippen LogP contribution in [0.2, 0.25) is 0 Å². The molecule has 0 radical (unpaired) electrons. The van der Waals surface area contributed by atoms with E-state index in [9.17, 15) is 19.2 Å². The molecule has 3 N–H and O–H groups in total. The monoisotopic (exact) mass is 375 g/mol. The number of esters is 2. The SMILES string of the molecule is CCOC(=O)c1c(C)oc(NC(=O)COC(=O)c2ccncc2)c1C(N)=O. The van der Waals surface area contributed by atoms with Crippen LogP contribution in [0.25, 0.3) is 0 Å². The van der Waals surface area contributed by atoms with Gasteiger partial charge in [0.1, 0.15) is 16.9 Å². The number of ether oxygens (including phenoxy) is 2. The van der Waals surface area contributed by atoms with Gasteiger partial charge in [0.2, 0.25) is 5.88 Å². The molecule has 10 heteroatoms. The Bertz CT molecular complexity index is 874. The number of pyridine rings is 1. The highest BCUT2D eigenvalue weighted by Gasteiger charge is 2.29. The summed E-state index contributed by atoms with van der Waals surface area (Å²) >= 11 is 0. The lowest BCUT2D eigenvalue weighted by atomic mass is 10.1. The van der Waals surface area contributed by atoms with Crippen LogP contribution in [0.4, 0.5) is 5.88 Å². The number of aryl methyl sites for hydroxylation is 1. The number of anilines is 1. The molecule has 2 aromatic rings. The summed E-state index contributed by atoms with van der Waals surface area (Å²) in [4.78, 5) is 51.3. The lowest BCUT2D eigenvalue weighted by molar-refractivity contribution is -0.119. The number of carbonyl (C=O) groups is 4. The minimum absolute atomic E-state index is 0.0475. The summed E-state index contributed by atoms with van der Waals surface area (Å²) in [6.45, 7) is 2.44. The molecule has 0 saturated carbocycles. The van der Waals surface area contributed by atoms with E-state index in [0.29, 0.717) is 0 Å². The van der Waals surface area contributed by atoms with Crippen LogP contribution in [-0.2, 0) is 14.3 Å². The fourth-order valence-corrected chi connectivity index (χ4v) is 2.18. The molecule has 0 aliphatic rings. The summed E-state index contributed by atoms with van der Waals surface area (Å²) < 4.78 is 15.0. The van der Waals surface area contributed by atoms with E-state index in [1.165, 1.54) is 31.5 Å². The zero-order valence-electron chi connectivity index (χ0n) is 14.6. The van der Waals surface area contributed by atoms with Crippen molar-refractivity contribution < 1.29 is 33.1 Å². The van der Waals surface area contributed by atoms with Gasteiger partial charge in [0, 0.05) is 12.4 Å². The van der Waals surface area contributed by atoms with Crippen LogP contribution in [0.1, 0.15) is 43.8 Å². The Balaban J connectivity index is 2.11. The van der Waals surface area contributed by atoms with Crippen LogP contribution in [-0.4, -0.2) is 42.0 Å². The Morgan fingerprint density at radius 3 is 2.37 bits per heavy atom. The van der Waals surface area contributed by atoms with Crippen molar-refractivity contribution in [3.8, 4) is 0 Å². The fraction of sp³-hybridized carbons (Fsp3) is 0.235. The Morgan fingerprint density at radius 1 is 1.11 bits per heavy atom. The molecule has 0 bridgehead atoms. The second kappa shape index (κ2) is 8.61. The molecule has 2 amide bonds. The van der Waals surface area contributed by atoms with E-state index in [0.717, 1.165) is 0 Å². The van der Waals surface area contributed by atoms with Crippen molar-refractivity contribution in [2.45, 2.75) is 13.8 Å². The van der Waals surface area contributed by atoms with E-state index < -0.39 is 30.4 Å². The van der Waals surface area contributed by atoms with Gasteiger partial charge in [-0.2, -0.15) is 0 Å². The molecule has 10 nitrogen and oxygen atoms in total. The Labute approximate surface area is 153 Å². The highest BCUT2D eigenvalue weighted by molar-refractivity contribution is 6.10. The number of carbonyl (C=O) groups excluding carboxylic acids is 4. The zero-order valence-corrected chi connectivity index (χ0v) is 14.6. The number of furan rings is 1. The maximum Gasteiger partial charge on any atom is 0.342 e. The second-order valence-electron chi connectivity index (χ2n) is 5.18. The predicted molar refractivity (Wildman–Crippen MR) is 91.1 cm³/mol. The van der Waals surface area contributed by atoms with Crippen molar-refractivity contribution in [3.05, 3.63) is 47.0 Å². The van der Waals surface area contributed by atoms with Crippen molar-refractivity contribution in [1.82, 2.24) is 4.98 Å². The zero-order chi connectivity index (χ0) is 20.0. The minimum Gasteiger partial charge on any atom is -0.462 e. The van der Waals surface area contributed by atoms with Gasteiger partial charge in [0.05, 0.1) is 12.2 Å². The van der Waals surface area contributed by atoms with E-state index in [2.05, 4.69) is 10.3 Å². The lowest BCUT2D eigenvalue weighted by Crippen LogP contribution is -2.23. The average molecular weight is 375 g/mol. The Morgan fingerprint density at radius 2 is 1.78 bits per heavy atom. The summed E-state index contributed by atoms with van der Waals surface area (Å²) in [5, 5.41) is 2.25. The van der Waals surface area contributed by atoms with Crippen molar-refractivity contribution in [2.75, 3.05) is 18.5 Å². The van der Waals surface area contributed by atoms with Crippen LogP contribution in [0, 0.1) is 6.92 Å². The molecular weight excluding hydrogens is 358 g/mol. The van der Waals surface area contributed by atoms with Gasteiger partial charge in [-0.25, -0.2) is 9.59 Å². The molecule has 0 saturated heterocycles. The predicted octanol–water partition coefficient (Wildman–Crippen LogP) is 1.05. The molecule has 0 aromatic carbocycles. The molecule has 27 heavy (non-hydrogen) atoms. The quantitative estimate of drug-likeness (QED) is 0.682. The summed E-state index contributed by atoms with van der Waals surface area (Å²) in [5.74, 6) is -3.59. The number of nitrogens with one attached hydrogen (secondary N) is 1. The molecule has 2 aromatic heterocycles. The topological polar surface area (TPSA) is 151 Å². The Hall–Kier alpha value is -3.69. The third-order valence-corrected chi connectivity index (χ3v) is 3.31. The molecule has 2 rings (SSSR count). The first-order chi connectivity index (χ1) is 12.8. The second-order valence-corrected chi connectivity index (χ2v) is 5.18. The lowest BCUT2D eigenvalue weighted by Gasteiger charge is -2.06. The number of primary amides is 1. The third kappa shape index (κ3) is 4.69. The van der Waals surface area contributed by atoms with Crippen molar-refractivity contribution in [3.63, 3.8) is 0 Å². The highest BCUT2D eigenvalue weighted by atomic mass is 16.5. The standard InChI is InChI=1S/C17H17N3O7/c1-3-25-17(24)12-9(2)27-15(13(12)14(18)22)20-11(21)8-26-16(23)10-4-6-19-7-5-10/h4-7H,3,8H2,1-2H3,(H2,18,22)(H,20,21). The van der Waals surface area contributed by atoms with Gasteiger partial charge in [0.25, 0.3) is 11.8 Å². The molecule has 0 aliphatic carbocycles. The summed E-state index contributed by atoms with van der Waals surface area (Å²) in [6.07, 6.45) is 2.80. The van der Waals surface area contributed by atoms with E-state index in [1.807, 2.05) is 0 Å². The molecular formula is C17H17N3O7. The third-order valence-electron chi connectivity index (χ3n) is 3.31. The number of nitrogens with two attached hydrogens (primary N) is 1. The normalized spacial score (nSPS) is 10.1. The van der Waals surface area contributed by atoms with E-state index in [-0.39, 0.29) is 34.9 Å². The number of amides is 2. The molecule has 0 spiro atoms. The van der Waals surface area contributed by atoms with Gasteiger partial charge in [0.15, 0.2) is 6.61 Å². The molecule has 142 valence electrons. The number of hydrogen-bond acceptors (Lipinski definition) is 8. The molecule has 0 aliphatic heterocycles. The van der Waals surface area contributed by atoms with Gasteiger partial charge in [-0.1, -0.05) is 0 Å². The highest BCUT2D eigenvalue weighted by Crippen LogP contribution is 2.27. The summed E-state index contributed by atoms with van der Waals surface area (Å²) in [5.41, 5.74) is 5.01. The van der Waals surface area contributed by atoms with Gasteiger partial charge >= 0.3 is 11.9 Å². The maximum absolute atomic E-state index is 12.0. The first-order valence-corrected chi connectivity index (χ1v) is 7.82. The molecule has 2 heterocycles. The smallest absolute Gasteiger partial charge is 0.342 e. The Kier molecular flexibility index (Phi) is 6.26.